The predicted octanol–water partition coefficient (Wildman–Crippen LogP) is 4.37. The Morgan fingerprint density at radius 1 is 1.04 bits per heavy atom. The van der Waals surface area contributed by atoms with Gasteiger partial charge < -0.3 is 20.5 Å². The molecule has 0 saturated heterocycles. The summed E-state index contributed by atoms with van der Waals surface area (Å²) in [4.78, 5) is 19.7. The van der Waals surface area contributed by atoms with E-state index in [9.17, 15) is 4.79 Å². The number of nitrogens with zero attached hydrogens (tertiary/aromatic N) is 2. The quantitative estimate of drug-likeness (QED) is 0.573. The number of hydrogen-bond donors (Lipinski definition) is 3. The first kappa shape index (κ1) is 18.2. The van der Waals surface area contributed by atoms with Crippen molar-refractivity contribution >= 4 is 29.0 Å². The summed E-state index contributed by atoms with van der Waals surface area (Å²) in [7, 11) is 0. The smallest absolute Gasteiger partial charge is 0.335 e. The molecule has 0 fully saturated rings. The minimum absolute atomic E-state index is 0.231. The molecule has 3 aromatic rings. The Bertz CT molecular complexity index is 942. The Balaban J connectivity index is 1.81. The normalized spacial score (nSPS) is 10.3. The standard InChI is InChI=1S/C20H20N4O3/c1-3-27-17-7-5-4-6-16(17)24-19-12-18(21-13(2)22-19)23-15-10-8-14(9-11-15)20(25)26/h4-12H,3H2,1-2H3,(H,25,26)(H2,21,22,23,24). The summed E-state index contributed by atoms with van der Waals surface area (Å²) in [5, 5.41) is 15.4. The van der Waals surface area contributed by atoms with E-state index in [2.05, 4.69) is 20.6 Å². The number of aromatic nitrogens is 2. The molecule has 3 N–H and O–H groups in total. The zero-order valence-corrected chi connectivity index (χ0v) is 15.1. The maximum Gasteiger partial charge on any atom is 0.335 e. The van der Waals surface area contributed by atoms with Gasteiger partial charge in [-0.15, -0.1) is 0 Å². The first-order valence-electron chi connectivity index (χ1n) is 8.50. The van der Waals surface area contributed by atoms with Gasteiger partial charge in [0.1, 0.15) is 23.2 Å². The fourth-order valence-corrected chi connectivity index (χ4v) is 2.53. The van der Waals surface area contributed by atoms with Crippen LogP contribution in [-0.2, 0) is 0 Å². The van der Waals surface area contributed by atoms with Gasteiger partial charge in [0.2, 0.25) is 0 Å². The van der Waals surface area contributed by atoms with Crippen LogP contribution in [0.25, 0.3) is 0 Å². The van der Waals surface area contributed by atoms with Crippen molar-refractivity contribution < 1.29 is 14.6 Å². The number of carboxylic acid groups (broad SMARTS) is 1. The van der Waals surface area contributed by atoms with Crippen molar-refractivity contribution in [3.63, 3.8) is 0 Å². The lowest BCUT2D eigenvalue weighted by Crippen LogP contribution is -2.03. The van der Waals surface area contributed by atoms with E-state index in [1.807, 2.05) is 31.2 Å². The molecule has 0 saturated carbocycles. The summed E-state index contributed by atoms with van der Waals surface area (Å²) in [6.45, 7) is 4.31. The maximum atomic E-state index is 10.9. The minimum Gasteiger partial charge on any atom is -0.492 e. The van der Waals surface area contributed by atoms with E-state index in [0.717, 1.165) is 17.1 Å². The average Bonchev–Trinajstić information content (AvgIpc) is 2.63. The summed E-state index contributed by atoms with van der Waals surface area (Å²) >= 11 is 0. The van der Waals surface area contributed by atoms with Crippen LogP contribution in [0.4, 0.5) is 23.0 Å². The van der Waals surface area contributed by atoms with Gasteiger partial charge in [0.15, 0.2) is 0 Å². The number of carboxylic acids is 1. The largest absolute Gasteiger partial charge is 0.492 e. The molecule has 0 aliphatic carbocycles. The molecule has 0 radical (unpaired) electrons. The van der Waals surface area contributed by atoms with Crippen molar-refractivity contribution in [2.24, 2.45) is 0 Å². The molecule has 0 amide bonds. The number of para-hydroxylation sites is 2. The number of aromatic carboxylic acids is 1. The van der Waals surface area contributed by atoms with E-state index in [1.54, 1.807) is 25.1 Å². The van der Waals surface area contributed by atoms with E-state index in [-0.39, 0.29) is 5.56 Å². The summed E-state index contributed by atoms with van der Waals surface area (Å²) in [6, 6.07) is 15.9. The zero-order valence-electron chi connectivity index (χ0n) is 15.1. The van der Waals surface area contributed by atoms with Crippen molar-refractivity contribution in [1.29, 1.82) is 0 Å². The SMILES string of the molecule is CCOc1ccccc1Nc1cc(Nc2ccc(C(=O)O)cc2)nc(C)n1. The molecule has 0 atom stereocenters. The maximum absolute atomic E-state index is 10.9. The van der Waals surface area contributed by atoms with E-state index < -0.39 is 5.97 Å². The number of rotatable bonds is 7. The van der Waals surface area contributed by atoms with Gasteiger partial charge in [-0.1, -0.05) is 12.1 Å². The third-order valence-corrected chi connectivity index (χ3v) is 3.69. The van der Waals surface area contributed by atoms with Crippen LogP contribution in [-0.4, -0.2) is 27.7 Å². The number of ether oxygens (including phenoxy) is 1. The molecular weight excluding hydrogens is 344 g/mol. The molecule has 138 valence electrons. The lowest BCUT2D eigenvalue weighted by atomic mass is 10.2. The van der Waals surface area contributed by atoms with E-state index >= 15 is 0 Å². The molecule has 0 aliphatic rings. The van der Waals surface area contributed by atoms with Gasteiger partial charge in [0.05, 0.1) is 17.9 Å². The van der Waals surface area contributed by atoms with Crippen molar-refractivity contribution in [3.8, 4) is 5.75 Å². The number of aryl methyl sites for hydroxylation is 1. The Morgan fingerprint density at radius 3 is 2.37 bits per heavy atom. The van der Waals surface area contributed by atoms with Crippen LogP contribution in [0.3, 0.4) is 0 Å². The van der Waals surface area contributed by atoms with E-state index in [0.29, 0.717) is 24.1 Å². The van der Waals surface area contributed by atoms with Crippen molar-refractivity contribution in [2.75, 3.05) is 17.2 Å². The number of nitrogens with one attached hydrogen (secondary N) is 2. The van der Waals surface area contributed by atoms with Crippen molar-refractivity contribution in [3.05, 3.63) is 66.0 Å². The highest BCUT2D eigenvalue weighted by atomic mass is 16.5. The summed E-state index contributed by atoms with van der Waals surface area (Å²) in [5.41, 5.74) is 1.78. The second-order valence-corrected chi connectivity index (χ2v) is 5.75. The zero-order chi connectivity index (χ0) is 19.2. The summed E-state index contributed by atoms with van der Waals surface area (Å²) in [5.74, 6) is 1.61. The summed E-state index contributed by atoms with van der Waals surface area (Å²) < 4.78 is 5.63. The number of anilines is 4. The number of benzene rings is 2. The molecule has 0 spiro atoms. The lowest BCUT2D eigenvalue weighted by Gasteiger charge is -2.13. The van der Waals surface area contributed by atoms with Crippen molar-refractivity contribution in [2.45, 2.75) is 13.8 Å². The second kappa shape index (κ2) is 8.18. The molecule has 3 rings (SSSR count). The molecule has 27 heavy (non-hydrogen) atoms. The molecule has 0 aliphatic heterocycles. The highest BCUT2D eigenvalue weighted by Crippen LogP contribution is 2.28. The molecule has 7 heteroatoms. The number of hydrogen-bond acceptors (Lipinski definition) is 6. The summed E-state index contributed by atoms with van der Waals surface area (Å²) in [6.07, 6.45) is 0. The van der Waals surface area contributed by atoms with Gasteiger partial charge in [-0.2, -0.15) is 0 Å². The molecule has 1 heterocycles. The lowest BCUT2D eigenvalue weighted by molar-refractivity contribution is 0.0697. The van der Waals surface area contributed by atoms with Crippen LogP contribution < -0.4 is 15.4 Å². The fourth-order valence-electron chi connectivity index (χ4n) is 2.53. The topological polar surface area (TPSA) is 96.4 Å². The minimum atomic E-state index is -0.959. The van der Waals surface area contributed by atoms with E-state index in [4.69, 9.17) is 9.84 Å². The third-order valence-electron chi connectivity index (χ3n) is 3.69. The predicted molar refractivity (Wildman–Crippen MR) is 104 cm³/mol. The first-order valence-corrected chi connectivity index (χ1v) is 8.50. The molecule has 7 nitrogen and oxygen atoms in total. The Labute approximate surface area is 157 Å². The van der Waals surface area contributed by atoms with Crippen LogP contribution in [0.2, 0.25) is 0 Å². The third kappa shape index (κ3) is 4.72. The molecule has 2 aromatic carbocycles. The average molecular weight is 364 g/mol. The van der Waals surface area contributed by atoms with E-state index in [1.165, 1.54) is 12.1 Å². The van der Waals surface area contributed by atoms with Gasteiger partial charge in [0, 0.05) is 11.8 Å². The molecule has 1 aromatic heterocycles. The second-order valence-electron chi connectivity index (χ2n) is 5.75. The van der Waals surface area contributed by atoms with Gasteiger partial charge in [0.25, 0.3) is 0 Å². The Hall–Kier alpha value is -3.61. The number of carbonyl (C=O) groups is 1. The fraction of sp³-hybridized carbons (Fsp3) is 0.150. The Morgan fingerprint density at radius 2 is 1.70 bits per heavy atom. The molecule has 0 bridgehead atoms. The van der Waals surface area contributed by atoms with Gasteiger partial charge in [-0.3, -0.25) is 0 Å². The highest BCUT2D eigenvalue weighted by molar-refractivity contribution is 5.88. The monoisotopic (exact) mass is 364 g/mol. The van der Waals surface area contributed by atoms with Crippen LogP contribution in [0.5, 0.6) is 5.75 Å². The molecule has 0 unspecified atom stereocenters. The van der Waals surface area contributed by atoms with Crippen LogP contribution in [0.15, 0.2) is 54.6 Å². The molecular formula is C20H20N4O3. The van der Waals surface area contributed by atoms with Gasteiger partial charge in [-0.05, 0) is 50.2 Å². The van der Waals surface area contributed by atoms with Crippen molar-refractivity contribution in [1.82, 2.24) is 9.97 Å². The van der Waals surface area contributed by atoms with Gasteiger partial charge in [-0.25, -0.2) is 14.8 Å². The van der Waals surface area contributed by atoms with Gasteiger partial charge >= 0.3 is 5.97 Å². The van der Waals surface area contributed by atoms with Crippen LogP contribution in [0, 0.1) is 6.92 Å². The highest BCUT2D eigenvalue weighted by Gasteiger charge is 2.07. The van der Waals surface area contributed by atoms with Crippen LogP contribution in [0.1, 0.15) is 23.1 Å². The van der Waals surface area contributed by atoms with Crippen LogP contribution >= 0.6 is 0 Å². The first-order chi connectivity index (χ1) is 13.0. The Kier molecular flexibility index (Phi) is 5.51.